The number of benzene rings is 1. The van der Waals surface area contributed by atoms with Gasteiger partial charge in [-0.2, -0.15) is 5.26 Å². The molecule has 1 aromatic carbocycles. The van der Waals surface area contributed by atoms with Crippen molar-refractivity contribution in [3.8, 4) is 11.8 Å². The van der Waals surface area contributed by atoms with Crippen molar-refractivity contribution in [1.29, 1.82) is 5.26 Å². The van der Waals surface area contributed by atoms with Crippen LogP contribution in [0.15, 0.2) is 18.2 Å². The lowest BCUT2D eigenvalue weighted by Crippen LogP contribution is -1.89. The average molecular weight is 197 g/mol. The first-order valence-electron chi connectivity index (χ1n) is 4.11. The fourth-order valence-corrected chi connectivity index (χ4v) is 1.17. The Kier molecular flexibility index (Phi) is 3.41. The third-order valence-corrected chi connectivity index (χ3v) is 1.78. The summed E-state index contributed by atoms with van der Waals surface area (Å²) in [5.41, 5.74) is 0.347. The van der Waals surface area contributed by atoms with Crippen LogP contribution in [0.4, 0.5) is 8.78 Å². The van der Waals surface area contributed by atoms with Gasteiger partial charge in [0.15, 0.2) is 0 Å². The number of hydrogen-bond acceptors (Lipinski definition) is 2. The number of nitrogens with zero attached hydrogens (tertiary/aromatic N) is 1. The third-order valence-electron chi connectivity index (χ3n) is 1.78. The lowest BCUT2D eigenvalue weighted by Gasteiger charge is -2.04. The highest BCUT2D eigenvalue weighted by molar-refractivity contribution is 5.34. The highest BCUT2D eigenvalue weighted by Gasteiger charge is 2.09. The molecular weight excluding hydrogens is 188 g/mol. The minimum atomic E-state index is -2.59. The van der Waals surface area contributed by atoms with Crippen LogP contribution >= 0.6 is 0 Å². The summed E-state index contributed by atoms with van der Waals surface area (Å²) in [6.45, 7) is 0. The van der Waals surface area contributed by atoms with Crippen molar-refractivity contribution in [2.75, 3.05) is 0 Å². The van der Waals surface area contributed by atoms with Gasteiger partial charge in [-0.1, -0.05) is 0 Å². The Balaban J connectivity index is 2.90. The van der Waals surface area contributed by atoms with Gasteiger partial charge in [-0.3, -0.25) is 0 Å². The fourth-order valence-electron chi connectivity index (χ4n) is 1.17. The second kappa shape index (κ2) is 4.56. The standard InChI is InChI=1S/C10H9F2NO/c11-10(12)8-4-7(2-1-3-13)5-9(14)6-8/h4-6,10,14H,1-2H2. The van der Waals surface area contributed by atoms with E-state index in [0.717, 1.165) is 6.07 Å². The van der Waals surface area contributed by atoms with Gasteiger partial charge in [0.05, 0.1) is 6.07 Å². The number of nitriles is 1. The molecule has 0 aliphatic heterocycles. The number of phenolic OH excluding ortho intramolecular Hbond substituents is 1. The predicted molar refractivity (Wildman–Crippen MR) is 47.0 cm³/mol. The van der Waals surface area contributed by atoms with Crippen LogP contribution in [0.2, 0.25) is 0 Å². The van der Waals surface area contributed by atoms with Crippen LogP contribution in [-0.2, 0) is 6.42 Å². The number of aromatic hydroxyl groups is 1. The van der Waals surface area contributed by atoms with E-state index in [2.05, 4.69) is 0 Å². The van der Waals surface area contributed by atoms with Gasteiger partial charge in [-0.05, 0) is 30.2 Å². The zero-order valence-electron chi connectivity index (χ0n) is 7.37. The normalized spacial score (nSPS) is 10.1. The summed E-state index contributed by atoms with van der Waals surface area (Å²) in [7, 11) is 0. The Morgan fingerprint density at radius 3 is 2.64 bits per heavy atom. The van der Waals surface area contributed by atoms with E-state index in [-0.39, 0.29) is 17.7 Å². The molecule has 0 spiro atoms. The Bertz CT molecular complexity index is 358. The van der Waals surface area contributed by atoms with Crippen LogP contribution in [-0.4, -0.2) is 5.11 Å². The van der Waals surface area contributed by atoms with Crippen LogP contribution in [0, 0.1) is 11.3 Å². The Labute approximate surface area is 80.4 Å². The molecular formula is C10H9F2NO. The van der Waals surface area contributed by atoms with Gasteiger partial charge in [0.2, 0.25) is 0 Å². The number of rotatable bonds is 3. The summed E-state index contributed by atoms with van der Waals surface area (Å²) in [5.74, 6) is -0.185. The van der Waals surface area contributed by atoms with Gasteiger partial charge in [-0.15, -0.1) is 0 Å². The van der Waals surface area contributed by atoms with E-state index in [1.54, 1.807) is 0 Å². The molecule has 0 amide bonds. The third kappa shape index (κ3) is 2.70. The maximum atomic E-state index is 12.3. The van der Waals surface area contributed by atoms with E-state index in [1.165, 1.54) is 12.1 Å². The number of hydrogen-bond donors (Lipinski definition) is 1. The van der Waals surface area contributed by atoms with Crippen molar-refractivity contribution in [3.05, 3.63) is 29.3 Å². The van der Waals surface area contributed by atoms with Crippen molar-refractivity contribution in [2.24, 2.45) is 0 Å². The van der Waals surface area contributed by atoms with Crippen LogP contribution < -0.4 is 0 Å². The number of phenols is 1. The summed E-state index contributed by atoms with van der Waals surface area (Å²) in [5, 5.41) is 17.4. The first kappa shape index (κ1) is 10.5. The molecule has 0 heterocycles. The zero-order valence-corrected chi connectivity index (χ0v) is 7.37. The molecule has 1 N–H and O–H groups in total. The van der Waals surface area contributed by atoms with Crippen molar-refractivity contribution >= 4 is 0 Å². The predicted octanol–water partition coefficient (Wildman–Crippen LogP) is 2.79. The van der Waals surface area contributed by atoms with E-state index in [4.69, 9.17) is 10.4 Å². The summed E-state index contributed by atoms with van der Waals surface area (Å²) >= 11 is 0. The number of aryl methyl sites for hydroxylation is 1. The van der Waals surface area contributed by atoms with Crippen LogP contribution in [0.25, 0.3) is 0 Å². The Morgan fingerprint density at radius 1 is 1.36 bits per heavy atom. The van der Waals surface area contributed by atoms with Gasteiger partial charge >= 0.3 is 0 Å². The summed E-state index contributed by atoms with van der Waals surface area (Å²) in [6, 6.07) is 5.64. The molecule has 0 aliphatic rings. The maximum absolute atomic E-state index is 12.3. The fraction of sp³-hybridized carbons (Fsp3) is 0.300. The molecule has 0 aliphatic carbocycles. The van der Waals surface area contributed by atoms with E-state index < -0.39 is 6.43 Å². The lowest BCUT2D eigenvalue weighted by molar-refractivity contribution is 0.151. The second-order valence-electron chi connectivity index (χ2n) is 2.89. The summed E-state index contributed by atoms with van der Waals surface area (Å²) in [4.78, 5) is 0. The SMILES string of the molecule is N#CCCc1cc(O)cc(C(F)F)c1. The van der Waals surface area contributed by atoms with Crippen LogP contribution in [0.1, 0.15) is 24.0 Å². The van der Waals surface area contributed by atoms with Crippen molar-refractivity contribution in [1.82, 2.24) is 0 Å². The molecule has 14 heavy (non-hydrogen) atoms. The molecule has 0 saturated carbocycles. The Morgan fingerprint density at radius 2 is 2.07 bits per heavy atom. The molecule has 0 unspecified atom stereocenters. The smallest absolute Gasteiger partial charge is 0.263 e. The van der Waals surface area contributed by atoms with Crippen LogP contribution in [0.5, 0.6) is 5.75 Å². The van der Waals surface area contributed by atoms with E-state index in [0.29, 0.717) is 12.0 Å². The monoisotopic (exact) mass is 197 g/mol. The van der Waals surface area contributed by atoms with Gasteiger partial charge in [-0.25, -0.2) is 8.78 Å². The minimum Gasteiger partial charge on any atom is -0.508 e. The molecule has 2 nitrogen and oxygen atoms in total. The van der Waals surface area contributed by atoms with E-state index >= 15 is 0 Å². The summed E-state index contributed by atoms with van der Waals surface area (Å²) in [6.07, 6.45) is -1.96. The molecule has 1 rings (SSSR count). The topological polar surface area (TPSA) is 44.0 Å². The highest BCUT2D eigenvalue weighted by atomic mass is 19.3. The molecule has 0 atom stereocenters. The van der Waals surface area contributed by atoms with E-state index in [1.807, 2.05) is 6.07 Å². The van der Waals surface area contributed by atoms with Crippen molar-refractivity contribution < 1.29 is 13.9 Å². The van der Waals surface area contributed by atoms with E-state index in [9.17, 15) is 8.78 Å². The zero-order chi connectivity index (χ0) is 10.6. The van der Waals surface area contributed by atoms with Gasteiger partial charge in [0, 0.05) is 12.0 Å². The molecule has 0 radical (unpaired) electrons. The second-order valence-corrected chi connectivity index (χ2v) is 2.89. The Hall–Kier alpha value is -1.63. The van der Waals surface area contributed by atoms with Gasteiger partial charge in [0.1, 0.15) is 5.75 Å². The summed E-state index contributed by atoms with van der Waals surface area (Å²) < 4.78 is 24.5. The first-order chi connectivity index (χ1) is 6.63. The minimum absolute atomic E-state index is 0.185. The van der Waals surface area contributed by atoms with Gasteiger partial charge in [0.25, 0.3) is 6.43 Å². The van der Waals surface area contributed by atoms with Gasteiger partial charge < -0.3 is 5.11 Å². The van der Waals surface area contributed by atoms with Crippen LogP contribution in [0.3, 0.4) is 0 Å². The molecule has 0 fully saturated rings. The number of halogens is 2. The van der Waals surface area contributed by atoms with Crippen molar-refractivity contribution in [2.45, 2.75) is 19.3 Å². The molecule has 1 aromatic rings. The molecule has 4 heteroatoms. The average Bonchev–Trinajstić information content (AvgIpc) is 2.14. The first-order valence-corrected chi connectivity index (χ1v) is 4.11. The molecule has 0 saturated heterocycles. The quantitative estimate of drug-likeness (QED) is 0.809. The molecule has 0 bridgehead atoms. The number of alkyl halides is 2. The largest absolute Gasteiger partial charge is 0.508 e. The molecule has 0 aromatic heterocycles. The van der Waals surface area contributed by atoms with Crippen molar-refractivity contribution in [3.63, 3.8) is 0 Å². The lowest BCUT2D eigenvalue weighted by atomic mass is 10.1. The maximum Gasteiger partial charge on any atom is 0.263 e. The highest BCUT2D eigenvalue weighted by Crippen LogP contribution is 2.25. The molecule has 74 valence electrons.